The van der Waals surface area contributed by atoms with Crippen molar-refractivity contribution >= 4 is 5.91 Å². The molecule has 0 bridgehead atoms. The van der Waals surface area contributed by atoms with Gasteiger partial charge in [-0.25, -0.2) is 0 Å². The van der Waals surface area contributed by atoms with Crippen LogP contribution in [0.2, 0.25) is 0 Å². The largest absolute Gasteiger partial charge is 0.347 e. The topological polar surface area (TPSA) is 55.1 Å². The highest BCUT2D eigenvalue weighted by Crippen LogP contribution is 2.16. The van der Waals surface area contributed by atoms with Crippen LogP contribution in [0, 0.1) is 5.92 Å². The smallest absolute Gasteiger partial charge is 0.251 e. The molecule has 0 aromatic heterocycles. The molecule has 1 rings (SSSR count). The minimum atomic E-state index is -0.173. The second-order valence-corrected chi connectivity index (χ2v) is 6.17. The normalized spacial score (nSPS) is 11.7. The number of benzene rings is 1. The Bertz CT molecular complexity index is 407. The molecule has 0 fully saturated rings. The summed E-state index contributed by atoms with van der Waals surface area (Å²) in [6.45, 7) is 9.04. The second-order valence-electron chi connectivity index (χ2n) is 6.17. The number of carbonyl (C=O) groups excluding carboxylic acids is 1. The van der Waals surface area contributed by atoms with Crippen molar-refractivity contribution in [3.8, 4) is 0 Å². The van der Waals surface area contributed by atoms with Gasteiger partial charge in [-0.3, -0.25) is 4.79 Å². The summed E-state index contributed by atoms with van der Waals surface area (Å²) in [4.78, 5) is 12.2. The lowest BCUT2D eigenvalue weighted by atomic mass is 9.93. The molecule has 0 saturated heterocycles. The first-order valence-electron chi connectivity index (χ1n) is 6.95. The molecule has 3 N–H and O–H groups in total. The molecule has 106 valence electrons. The first-order valence-corrected chi connectivity index (χ1v) is 6.95. The standard InChI is InChI=1S/C16H26N2O/c1-12(2)9-10-16(3,4)18-15(19)14-7-5-13(11-17)6-8-14/h5-8,12H,9-11,17H2,1-4H3,(H,18,19). The van der Waals surface area contributed by atoms with E-state index in [1.807, 2.05) is 24.3 Å². The van der Waals surface area contributed by atoms with Crippen LogP contribution in [0.25, 0.3) is 0 Å². The lowest BCUT2D eigenvalue weighted by Gasteiger charge is -2.27. The van der Waals surface area contributed by atoms with Crippen molar-refractivity contribution in [2.75, 3.05) is 0 Å². The van der Waals surface area contributed by atoms with Crippen molar-refractivity contribution in [2.45, 2.75) is 52.6 Å². The molecule has 0 aliphatic heterocycles. The summed E-state index contributed by atoms with van der Waals surface area (Å²) in [5, 5.41) is 3.10. The maximum absolute atomic E-state index is 12.2. The van der Waals surface area contributed by atoms with E-state index in [2.05, 4.69) is 33.0 Å². The third kappa shape index (κ3) is 5.43. The Morgan fingerprint density at radius 1 is 1.26 bits per heavy atom. The lowest BCUT2D eigenvalue weighted by Crippen LogP contribution is -2.43. The molecule has 0 aliphatic rings. The van der Waals surface area contributed by atoms with E-state index in [0.29, 0.717) is 18.0 Å². The highest BCUT2D eigenvalue weighted by atomic mass is 16.1. The predicted octanol–water partition coefficient (Wildman–Crippen LogP) is 3.09. The van der Waals surface area contributed by atoms with Crippen LogP contribution in [0.15, 0.2) is 24.3 Å². The van der Waals surface area contributed by atoms with Crippen molar-refractivity contribution in [3.05, 3.63) is 35.4 Å². The van der Waals surface area contributed by atoms with Crippen LogP contribution in [0.3, 0.4) is 0 Å². The number of amides is 1. The van der Waals surface area contributed by atoms with E-state index < -0.39 is 0 Å². The molecular weight excluding hydrogens is 236 g/mol. The van der Waals surface area contributed by atoms with E-state index in [0.717, 1.165) is 18.4 Å². The van der Waals surface area contributed by atoms with Gasteiger partial charge in [0, 0.05) is 17.6 Å². The van der Waals surface area contributed by atoms with Gasteiger partial charge in [-0.05, 0) is 50.3 Å². The van der Waals surface area contributed by atoms with Gasteiger partial charge in [0.25, 0.3) is 5.91 Å². The average molecular weight is 262 g/mol. The molecule has 0 aliphatic carbocycles. The molecule has 3 nitrogen and oxygen atoms in total. The Morgan fingerprint density at radius 2 is 1.84 bits per heavy atom. The zero-order valence-electron chi connectivity index (χ0n) is 12.5. The highest BCUT2D eigenvalue weighted by Gasteiger charge is 2.21. The third-order valence-electron chi connectivity index (χ3n) is 3.25. The lowest BCUT2D eigenvalue weighted by molar-refractivity contribution is 0.0906. The van der Waals surface area contributed by atoms with Gasteiger partial charge in [0.05, 0.1) is 0 Å². The molecule has 0 saturated carbocycles. The highest BCUT2D eigenvalue weighted by molar-refractivity contribution is 5.94. The van der Waals surface area contributed by atoms with Gasteiger partial charge < -0.3 is 11.1 Å². The van der Waals surface area contributed by atoms with E-state index in [4.69, 9.17) is 5.73 Å². The maximum atomic E-state index is 12.2. The maximum Gasteiger partial charge on any atom is 0.251 e. The molecule has 0 radical (unpaired) electrons. The summed E-state index contributed by atoms with van der Waals surface area (Å²) in [6, 6.07) is 7.46. The summed E-state index contributed by atoms with van der Waals surface area (Å²) in [7, 11) is 0. The number of hydrogen-bond acceptors (Lipinski definition) is 2. The number of nitrogens with two attached hydrogens (primary N) is 1. The molecule has 3 heteroatoms. The minimum absolute atomic E-state index is 0.0164. The van der Waals surface area contributed by atoms with Gasteiger partial charge in [0.2, 0.25) is 0 Å². The SMILES string of the molecule is CC(C)CCC(C)(C)NC(=O)c1ccc(CN)cc1. The van der Waals surface area contributed by atoms with Gasteiger partial charge in [-0.1, -0.05) is 26.0 Å². The zero-order valence-corrected chi connectivity index (χ0v) is 12.5. The monoisotopic (exact) mass is 262 g/mol. The van der Waals surface area contributed by atoms with E-state index in [-0.39, 0.29) is 11.4 Å². The van der Waals surface area contributed by atoms with Crippen LogP contribution in [0.1, 0.15) is 56.5 Å². The van der Waals surface area contributed by atoms with Crippen LogP contribution < -0.4 is 11.1 Å². The Kier molecular flexibility index (Phi) is 5.55. The molecule has 0 atom stereocenters. The molecule has 0 spiro atoms. The van der Waals surface area contributed by atoms with Crippen LogP contribution in [0.5, 0.6) is 0 Å². The summed E-state index contributed by atoms with van der Waals surface area (Å²) in [6.07, 6.45) is 2.09. The van der Waals surface area contributed by atoms with Crippen molar-refractivity contribution in [2.24, 2.45) is 11.7 Å². The summed E-state index contributed by atoms with van der Waals surface area (Å²) < 4.78 is 0. The van der Waals surface area contributed by atoms with E-state index in [1.165, 1.54) is 0 Å². The van der Waals surface area contributed by atoms with Crippen LogP contribution in [-0.4, -0.2) is 11.4 Å². The fourth-order valence-corrected chi connectivity index (χ4v) is 1.88. The summed E-state index contributed by atoms with van der Waals surface area (Å²) in [5.41, 5.74) is 7.10. The fourth-order valence-electron chi connectivity index (χ4n) is 1.88. The van der Waals surface area contributed by atoms with Crippen molar-refractivity contribution in [1.82, 2.24) is 5.32 Å². The van der Waals surface area contributed by atoms with Gasteiger partial charge in [-0.2, -0.15) is 0 Å². The number of rotatable bonds is 6. The Balaban J connectivity index is 2.62. The van der Waals surface area contributed by atoms with Crippen LogP contribution in [-0.2, 0) is 6.54 Å². The Labute approximate surface area is 116 Å². The van der Waals surface area contributed by atoms with Crippen molar-refractivity contribution in [3.63, 3.8) is 0 Å². The van der Waals surface area contributed by atoms with Gasteiger partial charge in [-0.15, -0.1) is 0 Å². The zero-order chi connectivity index (χ0) is 14.5. The molecule has 1 aromatic carbocycles. The fraction of sp³-hybridized carbons (Fsp3) is 0.562. The average Bonchev–Trinajstić information content (AvgIpc) is 2.36. The quantitative estimate of drug-likeness (QED) is 0.827. The van der Waals surface area contributed by atoms with Gasteiger partial charge >= 0.3 is 0 Å². The Morgan fingerprint density at radius 3 is 2.32 bits per heavy atom. The van der Waals surface area contributed by atoms with Gasteiger partial charge in [0.1, 0.15) is 0 Å². The molecule has 0 unspecified atom stereocenters. The first kappa shape index (κ1) is 15.7. The van der Waals surface area contributed by atoms with Crippen molar-refractivity contribution in [1.29, 1.82) is 0 Å². The minimum Gasteiger partial charge on any atom is -0.347 e. The molecule has 0 heterocycles. The number of nitrogens with one attached hydrogen (secondary N) is 1. The third-order valence-corrected chi connectivity index (χ3v) is 3.25. The van der Waals surface area contributed by atoms with E-state index in [1.54, 1.807) is 0 Å². The van der Waals surface area contributed by atoms with E-state index >= 15 is 0 Å². The molecular formula is C16H26N2O. The molecule has 19 heavy (non-hydrogen) atoms. The first-order chi connectivity index (χ1) is 8.84. The second kappa shape index (κ2) is 6.71. The van der Waals surface area contributed by atoms with Crippen LogP contribution >= 0.6 is 0 Å². The Hall–Kier alpha value is -1.35. The van der Waals surface area contributed by atoms with Crippen LogP contribution in [0.4, 0.5) is 0 Å². The van der Waals surface area contributed by atoms with E-state index in [9.17, 15) is 4.79 Å². The van der Waals surface area contributed by atoms with Crippen molar-refractivity contribution < 1.29 is 4.79 Å². The predicted molar refractivity (Wildman–Crippen MR) is 80.0 cm³/mol. The number of carbonyl (C=O) groups is 1. The number of hydrogen-bond donors (Lipinski definition) is 2. The molecule has 1 amide bonds. The van der Waals surface area contributed by atoms with Gasteiger partial charge in [0.15, 0.2) is 0 Å². The summed E-state index contributed by atoms with van der Waals surface area (Å²) in [5.74, 6) is 0.636. The summed E-state index contributed by atoms with van der Waals surface area (Å²) >= 11 is 0. The molecule has 1 aromatic rings.